The first-order valence-corrected chi connectivity index (χ1v) is 9.52. The van der Waals surface area contributed by atoms with E-state index in [2.05, 4.69) is 36.3 Å². The summed E-state index contributed by atoms with van der Waals surface area (Å²) in [6.07, 6.45) is 4.18. The zero-order chi connectivity index (χ0) is 20.1. The lowest BCUT2D eigenvalue weighted by Gasteiger charge is -2.07. The average molecular weight is 396 g/mol. The molecular weight excluding hydrogens is 376 g/mol. The molecule has 28 heavy (non-hydrogen) atoms. The third-order valence-corrected chi connectivity index (χ3v) is 4.90. The first-order valence-electron chi connectivity index (χ1n) is 8.64. The Morgan fingerprint density at radius 2 is 2.00 bits per heavy atom. The van der Waals surface area contributed by atoms with E-state index < -0.39 is 11.9 Å². The summed E-state index contributed by atoms with van der Waals surface area (Å²) in [5.74, 6) is -0.548. The largest absolute Gasteiger partial charge is 0.465 e. The molecule has 2 heterocycles. The predicted octanol–water partition coefficient (Wildman–Crippen LogP) is 4.52. The van der Waals surface area contributed by atoms with Gasteiger partial charge in [0.2, 0.25) is 0 Å². The molecule has 0 saturated carbocycles. The quantitative estimate of drug-likeness (QED) is 0.489. The van der Waals surface area contributed by atoms with Gasteiger partial charge in [0.1, 0.15) is 5.76 Å². The predicted molar refractivity (Wildman–Crippen MR) is 109 cm³/mol. The van der Waals surface area contributed by atoms with E-state index in [1.807, 2.05) is 12.3 Å². The van der Waals surface area contributed by atoms with Gasteiger partial charge in [0.05, 0.1) is 12.0 Å². The molecule has 7 heteroatoms. The van der Waals surface area contributed by atoms with Crippen molar-refractivity contribution in [1.29, 1.82) is 0 Å². The topological polar surface area (TPSA) is 81.4 Å². The molecule has 1 N–H and O–H groups in total. The van der Waals surface area contributed by atoms with Crippen molar-refractivity contribution in [2.75, 3.05) is 11.9 Å². The summed E-state index contributed by atoms with van der Waals surface area (Å²) < 4.78 is 9.98. The summed E-state index contributed by atoms with van der Waals surface area (Å²) in [5.41, 5.74) is 5.39. The second-order valence-electron chi connectivity index (χ2n) is 6.29. The van der Waals surface area contributed by atoms with Gasteiger partial charge in [-0.25, -0.2) is 9.78 Å². The molecule has 0 unspecified atom stereocenters. The van der Waals surface area contributed by atoms with E-state index >= 15 is 0 Å². The van der Waals surface area contributed by atoms with E-state index in [0.29, 0.717) is 10.9 Å². The number of hydrogen-bond acceptors (Lipinski definition) is 6. The van der Waals surface area contributed by atoms with E-state index in [1.54, 1.807) is 12.1 Å². The minimum atomic E-state index is -0.628. The molecule has 6 nitrogen and oxygen atoms in total. The number of thiazole rings is 1. The summed E-state index contributed by atoms with van der Waals surface area (Å²) >= 11 is 1.32. The number of aromatic nitrogens is 1. The lowest BCUT2D eigenvalue weighted by molar-refractivity contribution is -0.142. The van der Waals surface area contributed by atoms with Crippen molar-refractivity contribution in [2.24, 2.45) is 0 Å². The lowest BCUT2D eigenvalue weighted by atomic mass is 9.99. The fraction of sp³-hybridized carbons (Fsp3) is 0.190. The number of rotatable bonds is 6. The van der Waals surface area contributed by atoms with Crippen LogP contribution in [0, 0.1) is 20.8 Å². The van der Waals surface area contributed by atoms with Gasteiger partial charge in [-0.15, -0.1) is 11.3 Å². The monoisotopic (exact) mass is 396 g/mol. The van der Waals surface area contributed by atoms with Crippen LogP contribution in [-0.4, -0.2) is 23.5 Å². The highest BCUT2D eigenvalue weighted by Crippen LogP contribution is 2.29. The molecule has 0 aliphatic rings. The van der Waals surface area contributed by atoms with Gasteiger partial charge in [-0.2, -0.15) is 0 Å². The van der Waals surface area contributed by atoms with Gasteiger partial charge in [-0.05, 0) is 61.7 Å². The van der Waals surface area contributed by atoms with Crippen LogP contribution in [0.15, 0.2) is 46.4 Å². The normalized spacial score (nSPS) is 11.0. The molecule has 3 aromatic rings. The Balaban J connectivity index is 1.55. The molecule has 144 valence electrons. The highest BCUT2D eigenvalue weighted by atomic mass is 32.1. The molecule has 0 fully saturated rings. The van der Waals surface area contributed by atoms with Crippen molar-refractivity contribution in [2.45, 2.75) is 20.8 Å². The van der Waals surface area contributed by atoms with Gasteiger partial charge in [0.25, 0.3) is 5.91 Å². The third kappa shape index (κ3) is 4.95. The maximum Gasteiger partial charge on any atom is 0.331 e. The Morgan fingerprint density at radius 3 is 2.75 bits per heavy atom. The summed E-state index contributed by atoms with van der Waals surface area (Å²) in [4.78, 5) is 28.1. The van der Waals surface area contributed by atoms with Crippen LogP contribution in [0.4, 0.5) is 5.13 Å². The molecule has 2 aromatic heterocycles. The SMILES string of the molecule is Cc1cc(C)c(-c2csc(NC(=O)COC(=O)/C=C/c3ccco3)n2)cc1C. The number of benzene rings is 1. The van der Waals surface area contributed by atoms with Crippen LogP contribution in [-0.2, 0) is 14.3 Å². The molecule has 0 saturated heterocycles. The molecule has 0 aliphatic heterocycles. The molecule has 1 amide bonds. The number of hydrogen-bond donors (Lipinski definition) is 1. The second-order valence-corrected chi connectivity index (χ2v) is 7.15. The second kappa shape index (κ2) is 8.67. The van der Waals surface area contributed by atoms with Crippen LogP contribution in [0.25, 0.3) is 17.3 Å². The fourth-order valence-corrected chi connectivity index (χ4v) is 3.29. The zero-order valence-corrected chi connectivity index (χ0v) is 16.6. The Labute approximate surface area is 166 Å². The molecular formula is C21H20N2O4S. The zero-order valence-electron chi connectivity index (χ0n) is 15.8. The van der Waals surface area contributed by atoms with Gasteiger partial charge >= 0.3 is 5.97 Å². The third-order valence-electron chi connectivity index (χ3n) is 4.14. The van der Waals surface area contributed by atoms with Crippen molar-refractivity contribution in [3.05, 3.63) is 64.4 Å². The number of aryl methyl sites for hydroxylation is 3. The van der Waals surface area contributed by atoms with Gasteiger partial charge in [0, 0.05) is 17.0 Å². The number of furan rings is 1. The summed E-state index contributed by atoms with van der Waals surface area (Å²) in [6.45, 7) is 5.78. The lowest BCUT2D eigenvalue weighted by Crippen LogP contribution is -2.20. The van der Waals surface area contributed by atoms with Crippen molar-refractivity contribution in [1.82, 2.24) is 4.98 Å². The van der Waals surface area contributed by atoms with Crippen LogP contribution in [0.3, 0.4) is 0 Å². The smallest absolute Gasteiger partial charge is 0.331 e. The molecule has 0 radical (unpaired) electrons. The minimum absolute atomic E-state index is 0.390. The van der Waals surface area contributed by atoms with E-state index in [-0.39, 0.29) is 6.61 Å². The number of nitrogens with zero attached hydrogens (tertiary/aromatic N) is 1. The van der Waals surface area contributed by atoms with Crippen molar-refractivity contribution in [3.8, 4) is 11.3 Å². The maximum absolute atomic E-state index is 12.0. The molecule has 0 atom stereocenters. The van der Waals surface area contributed by atoms with Crippen molar-refractivity contribution < 1.29 is 18.7 Å². The van der Waals surface area contributed by atoms with Crippen molar-refractivity contribution in [3.63, 3.8) is 0 Å². The number of carbonyl (C=O) groups is 2. The number of anilines is 1. The molecule has 0 spiro atoms. The van der Waals surface area contributed by atoms with Crippen LogP contribution in [0.5, 0.6) is 0 Å². The highest BCUT2D eigenvalue weighted by Gasteiger charge is 2.12. The van der Waals surface area contributed by atoms with E-state index in [1.165, 1.54) is 40.9 Å². The minimum Gasteiger partial charge on any atom is -0.465 e. The van der Waals surface area contributed by atoms with Gasteiger partial charge < -0.3 is 9.15 Å². The van der Waals surface area contributed by atoms with Crippen LogP contribution < -0.4 is 5.32 Å². The first-order chi connectivity index (χ1) is 13.4. The molecule has 0 bridgehead atoms. The van der Waals surface area contributed by atoms with Crippen LogP contribution in [0.1, 0.15) is 22.5 Å². The van der Waals surface area contributed by atoms with E-state index in [4.69, 9.17) is 9.15 Å². The van der Waals surface area contributed by atoms with E-state index in [9.17, 15) is 9.59 Å². The Bertz CT molecular complexity index is 1020. The standard InChI is InChI=1S/C21H20N2O4S/c1-13-9-15(3)17(10-14(13)2)18-12-28-21(22-18)23-19(24)11-27-20(25)7-6-16-5-4-8-26-16/h4-10,12H,11H2,1-3H3,(H,22,23,24)/b7-6+. The Kier molecular flexibility index (Phi) is 6.06. The number of esters is 1. The summed E-state index contributed by atoms with van der Waals surface area (Å²) in [7, 11) is 0. The van der Waals surface area contributed by atoms with Crippen LogP contribution >= 0.6 is 11.3 Å². The number of ether oxygens (including phenoxy) is 1. The Morgan fingerprint density at radius 1 is 1.21 bits per heavy atom. The molecule has 0 aliphatic carbocycles. The summed E-state index contributed by atoms with van der Waals surface area (Å²) in [6, 6.07) is 7.63. The maximum atomic E-state index is 12.0. The van der Waals surface area contributed by atoms with Gasteiger partial charge in [-0.3, -0.25) is 10.1 Å². The number of amides is 1. The fourth-order valence-electron chi connectivity index (χ4n) is 2.57. The van der Waals surface area contributed by atoms with E-state index in [0.717, 1.165) is 16.8 Å². The Hall–Kier alpha value is -3.19. The number of carbonyl (C=O) groups excluding carboxylic acids is 2. The van der Waals surface area contributed by atoms with Crippen LogP contribution in [0.2, 0.25) is 0 Å². The number of nitrogens with one attached hydrogen (secondary N) is 1. The molecule has 3 rings (SSSR count). The first kappa shape index (κ1) is 19.6. The van der Waals surface area contributed by atoms with Crippen molar-refractivity contribution >= 4 is 34.4 Å². The molecule has 1 aromatic carbocycles. The highest BCUT2D eigenvalue weighted by molar-refractivity contribution is 7.14. The average Bonchev–Trinajstić information content (AvgIpc) is 3.33. The summed E-state index contributed by atoms with van der Waals surface area (Å²) in [5, 5.41) is 5.00. The van der Waals surface area contributed by atoms with Gasteiger partial charge in [-0.1, -0.05) is 6.07 Å². The van der Waals surface area contributed by atoms with Gasteiger partial charge in [0.15, 0.2) is 11.7 Å².